The number of hydrogen-bond acceptors (Lipinski definition) is 3. The van der Waals surface area contributed by atoms with Gasteiger partial charge in [0.1, 0.15) is 12.5 Å². The van der Waals surface area contributed by atoms with Crippen LogP contribution in [0.2, 0.25) is 0 Å². The first-order valence-corrected chi connectivity index (χ1v) is 9.23. The molecule has 1 unspecified atom stereocenters. The number of fused-ring (bicyclic) bond motifs is 1. The van der Waals surface area contributed by atoms with E-state index in [-0.39, 0.29) is 6.10 Å². The van der Waals surface area contributed by atoms with Gasteiger partial charge in [-0.2, -0.15) is 0 Å². The van der Waals surface area contributed by atoms with Gasteiger partial charge in [0.2, 0.25) is 0 Å². The molecule has 1 aliphatic rings. The summed E-state index contributed by atoms with van der Waals surface area (Å²) in [5, 5.41) is 0. The molecule has 3 nitrogen and oxygen atoms in total. The molecule has 2 aromatic rings. The van der Waals surface area contributed by atoms with Crippen LogP contribution in [0.4, 0.5) is 0 Å². The lowest BCUT2D eigenvalue weighted by Crippen LogP contribution is -2.22. The highest BCUT2D eigenvalue weighted by Crippen LogP contribution is 2.40. The fourth-order valence-corrected chi connectivity index (χ4v) is 3.47. The van der Waals surface area contributed by atoms with E-state index in [1.165, 1.54) is 11.1 Å². The van der Waals surface area contributed by atoms with Gasteiger partial charge in [-0.25, -0.2) is 0 Å². The van der Waals surface area contributed by atoms with E-state index in [2.05, 4.69) is 36.9 Å². The fourth-order valence-electron chi connectivity index (χ4n) is 3.47. The van der Waals surface area contributed by atoms with Gasteiger partial charge in [0, 0.05) is 0 Å². The van der Waals surface area contributed by atoms with Crippen molar-refractivity contribution in [2.24, 2.45) is 0 Å². The summed E-state index contributed by atoms with van der Waals surface area (Å²) in [6, 6.07) is 16.5. The molecule has 0 saturated carbocycles. The van der Waals surface area contributed by atoms with Gasteiger partial charge in [0.25, 0.3) is 0 Å². The Kier molecular flexibility index (Phi) is 6.48. The monoisotopic (exact) mass is 352 g/mol. The van der Waals surface area contributed by atoms with Crippen molar-refractivity contribution in [3.8, 4) is 5.75 Å². The molecule has 3 rings (SSSR count). The molecular weight excluding hydrogens is 324 g/mol. The molecule has 2 atom stereocenters. The van der Waals surface area contributed by atoms with Crippen LogP contribution in [0.25, 0.3) is 0 Å². The molecule has 1 aliphatic carbocycles. The first kappa shape index (κ1) is 18.7. The molecule has 0 saturated heterocycles. The molecule has 3 heteroatoms. The minimum Gasteiger partial charge on any atom is -0.497 e. The SMILES string of the molecule is C=C(C)[C@H](CCC1Cc2cc(OC)ccc21)OCOCc1ccccc1. The van der Waals surface area contributed by atoms with Crippen molar-refractivity contribution in [1.29, 1.82) is 0 Å². The van der Waals surface area contributed by atoms with Crippen LogP contribution in [-0.2, 0) is 22.5 Å². The lowest BCUT2D eigenvalue weighted by atomic mass is 9.74. The van der Waals surface area contributed by atoms with Crippen LogP contribution >= 0.6 is 0 Å². The van der Waals surface area contributed by atoms with Gasteiger partial charge in [0.05, 0.1) is 19.8 Å². The van der Waals surface area contributed by atoms with E-state index in [1.807, 2.05) is 25.1 Å². The van der Waals surface area contributed by atoms with Crippen molar-refractivity contribution in [1.82, 2.24) is 0 Å². The molecule has 2 aromatic carbocycles. The quantitative estimate of drug-likeness (QED) is 0.332. The van der Waals surface area contributed by atoms with Gasteiger partial charge in [-0.05, 0) is 60.9 Å². The Morgan fingerprint density at radius 2 is 2.00 bits per heavy atom. The topological polar surface area (TPSA) is 27.7 Å². The second-order valence-electron chi connectivity index (χ2n) is 7.00. The number of hydrogen-bond donors (Lipinski definition) is 0. The Morgan fingerprint density at radius 1 is 1.19 bits per heavy atom. The van der Waals surface area contributed by atoms with E-state index in [1.54, 1.807) is 7.11 Å². The average Bonchev–Trinajstić information content (AvgIpc) is 2.64. The normalized spacial score (nSPS) is 16.5. The number of rotatable bonds is 10. The Hall–Kier alpha value is -2.10. The smallest absolute Gasteiger partial charge is 0.147 e. The summed E-state index contributed by atoms with van der Waals surface area (Å²) >= 11 is 0. The van der Waals surface area contributed by atoms with E-state index in [9.17, 15) is 0 Å². The maximum absolute atomic E-state index is 5.93. The molecule has 138 valence electrons. The van der Waals surface area contributed by atoms with Crippen molar-refractivity contribution in [3.05, 3.63) is 77.4 Å². The molecule has 0 aromatic heterocycles. The fraction of sp³-hybridized carbons (Fsp3) is 0.391. The molecule has 0 radical (unpaired) electrons. The molecule has 0 heterocycles. The standard InChI is InChI=1S/C23H28O3/c1-17(2)23(26-16-25-15-18-7-5-4-6-8-18)12-9-19-13-20-14-21(24-3)10-11-22(19)20/h4-8,10-11,14,19,23H,1,9,12-13,15-16H2,2-3H3/t19?,23-/m0/s1. The maximum atomic E-state index is 5.93. The second kappa shape index (κ2) is 9.02. The molecular formula is C23H28O3. The minimum atomic E-state index is 0.0491. The molecule has 0 fully saturated rings. The molecule has 26 heavy (non-hydrogen) atoms. The van der Waals surface area contributed by atoms with E-state index in [4.69, 9.17) is 14.2 Å². The van der Waals surface area contributed by atoms with E-state index in [0.717, 1.165) is 36.1 Å². The van der Waals surface area contributed by atoms with Crippen LogP contribution in [0.15, 0.2) is 60.7 Å². The van der Waals surface area contributed by atoms with E-state index >= 15 is 0 Å². The van der Waals surface area contributed by atoms with Gasteiger partial charge in [-0.3, -0.25) is 0 Å². The highest BCUT2D eigenvalue weighted by atomic mass is 16.7. The first-order valence-electron chi connectivity index (χ1n) is 9.23. The Labute approximate surface area is 156 Å². The third kappa shape index (κ3) is 4.75. The maximum Gasteiger partial charge on any atom is 0.147 e. The summed E-state index contributed by atoms with van der Waals surface area (Å²) in [5.41, 5.74) is 5.08. The summed E-state index contributed by atoms with van der Waals surface area (Å²) in [5.74, 6) is 1.56. The lowest BCUT2D eigenvalue weighted by molar-refractivity contribution is -0.0876. The summed E-state index contributed by atoms with van der Waals surface area (Å²) in [6.07, 6.45) is 3.25. The van der Waals surface area contributed by atoms with Crippen molar-refractivity contribution in [2.45, 2.75) is 44.8 Å². The predicted molar refractivity (Wildman–Crippen MR) is 104 cm³/mol. The van der Waals surface area contributed by atoms with Crippen LogP contribution in [0.3, 0.4) is 0 Å². The van der Waals surface area contributed by atoms with E-state index < -0.39 is 0 Å². The van der Waals surface area contributed by atoms with Gasteiger partial charge in [0.15, 0.2) is 0 Å². The highest BCUT2D eigenvalue weighted by molar-refractivity contribution is 5.44. The van der Waals surface area contributed by atoms with Gasteiger partial charge in [-0.1, -0.05) is 48.6 Å². The summed E-state index contributed by atoms with van der Waals surface area (Å²) in [6.45, 7) is 6.98. The van der Waals surface area contributed by atoms with Gasteiger partial charge < -0.3 is 14.2 Å². The number of methoxy groups -OCH3 is 1. The molecule has 0 N–H and O–H groups in total. The average molecular weight is 352 g/mol. The van der Waals surface area contributed by atoms with E-state index in [0.29, 0.717) is 19.3 Å². The van der Waals surface area contributed by atoms with Crippen LogP contribution in [0, 0.1) is 0 Å². The number of benzene rings is 2. The Bertz CT molecular complexity index is 723. The lowest BCUT2D eigenvalue weighted by Gasteiger charge is -2.32. The van der Waals surface area contributed by atoms with Crippen molar-refractivity contribution in [3.63, 3.8) is 0 Å². The number of ether oxygens (including phenoxy) is 3. The van der Waals surface area contributed by atoms with Crippen molar-refractivity contribution >= 4 is 0 Å². The predicted octanol–water partition coefficient (Wildman–Crippen LogP) is 5.25. The van der Waals surface area contributed by atoms with Gasteiger partial charge >= 0.3 is 0 Å². The highest BCUT2D eigenvalue weighted by Gasteiger charge is 2.27. The Balaban J connectivity index is 1.42. The van der Waals surface area contributed by atoms with Crippen LogP contribution in [-0.4, -0.2) is 20.0 Å². The zero-order valence-corrected chi connectivity index (χ0v) is 15.7. The Morgan fingerprint density at radius 3 is 2.69 bits per heavy atom. The van der Waals surface area contributed by atoms with Crippen LogP contribution in [0.1, 0.15) is 42.4 Å². The summed E-state index contributed by atoms with van der Waals surface area (Å²) in [4.78, 5) is 0. The third-order valence-electron chi connectivity index (χ3n) is 5.05. The van der Waals surface area contributed by atoms with Crippen molar-refractivity contribution in [2.75, 3.05) is 13.9 Å². The zero-order chi connectivity index (χ0) is 18.4. The summed E-state index contributed by atoms with van der Waals surface area (Å²) in [7, 11) is 1.71. The molecule has 0 aliphatic heterocycles. The third-order valence-corrected chi connectivity index (χ3v) is 5.05. The van der Waals surface area contributed by atoms with Gasteiger partial charge in [-0.15, -0.1) is 0 Å². The van der Waals surface area contributed by atoms with Crippen molar-refractivity contribution < 1.29 is 14.2 Å². The van der Waals surface area contributed by atoms with Crippen LogP contribution in [0.5, 0.6) is 5.75 Å². The molecule has 0 spiro atoms. The minimum absolute atomic E-state index is 0.0491. The zero-order valence-electron chi connectivity index (χ0n) is 15.7. The van der Waals surface area contributed by atoms with Crippen LogP contribution < -0.4 is 4.74 Å². The second-order valence-corrected chi connectivity index (χ2v) is 7.00. The summed E-state index contributed by atoms with van der Waals surface area (Å²) < 4.78 is 16.9. The molecule has 0 bridgehead atoms. The first-order chi connectivity index (χ1) is 12.7. The largest absolute Gasteiger partial charge is 0.497 e. The molecule has 0 amide bonds.